The van der Waals surface area contributed by atoms with Crippen LogP contribution in [0.3, 0.4) is 0 Å². The van der Waals surface area contributed by atoms with Crippen molar-refractivity contribution in [2.24, 2.45) is 0 Å². The van der Waals surface area contributed by atoms with E-state index in [2.05, 4.69) is 46.3 Å². The molecule has 0 bridgehead atoms. The minimum absolute atomic E-state index is 0.0634. The molecule has 0 aliphatic carbocycles. The highest BCUT2D eigenvalue weighted by atomic mass is 32.2. The molecule has 0 spiro atoms. The summed E-state index contributed by atoms with van der Waals surface area (Å²) in [6.45, 7) is 9.44. The lowest BCUT2D eigenvalue weighted by Gasteiger charge is -2.34. The van der Waals surface area contributed by atoms with E-state index < -0.39 is 0 Å². The number of piperazine rings is 1. The molecule has 8 nitrogen and oxygen atoms in total. The first kappa shape index (κ1) is 27.6. The number of hydrogen-bond acceptors (Lipinski definition) is 9. The van der Waals surface area contributed by atoms with Crippen LogP contribution in [0.2, 0.25) is 0 Å². The Hall–Kier alpha value is -2.95. The van der Waals surface area contributed by atoms with E-state index in [-0.39, 0.29) is 5.91 Å². The van der Waals surface area contributed by atoms with Gasteiger partial charge in [0.2, 0.25) is 5.95 Å². The van der Waals surface area contributed by atoms with E-state index in [1.54, 1.807) is 23.9 Å². The van der Waals surface area contributed by atoms with Crippen LogP contribution in [0.5, 0.6) is 0 Å². The van der Waals surface area contributed by atoms with E-state index in [0.717, 1.165) is 73.5 Å². The first-order valence-electron chi connectivity index (χ1n) is 13.4. The number of aromatic nitrogens is 2. The Morgan fingerprint density at radius 1 is 1.00 bits per heavy atom. The summed E-state index contributed by atoms with van der Waals surface area (Å²) in [7, 11) is 4.06. The molecule has 0 N–H and O–H groups in total. The van der Waals surface area contributed by atoms with Crippen LogP contribution in [0.25, 0.3) is 0 Å². The topological polar surface area (TPSA) is 59.1 Å². The number of carbonyl (C=O) groups excluding carboxylic acids is 1. The van der Waals surface area contributed by atoms with Crippen molar-refractivity contribution in [3.63, 3.8) is 0 Å². The van der Waals surface area contributed by atoms with Gasteiger partial charge in [0.1, 0.15) is 5.82 Å². The number of amides is 1. The van der Waals surface area contributed by atoms with Crippen LogP contribution < -0.4 is 19.0 Å². The predicted molar refractivity (Wildman–Crippen MR) is 166 cm³/mol. The second kappa shape index (κ2) is 12.1. The van der Waals surface area contributed by atoms with Crippen molar-refractivity contribution in [2.45, 2.75) is 25.2 Å². The predicted octanol–water partition coefficient (Wildman–Crippen LogP) is 4.99. The first-order valence-corrected chi connectivity index (χ1v) is 15.4. The second-order valence-electron chi connectivity index (χ2n) is 9.88. The molecule has 206 valence electrons. The number of nitrogens with zero attached hydrogens (tertiary/aromatic N) is 7. The summed E-state index contributed by atoms with van der Waals surface area (Å²) in [6.07, 6.45) is 2.90. The highest BCUT2D eigenvalue weighted by Crippen LogP contribution is 2.36. The van der Waals surface area contributed by atoms with E-state index >= 15 is 0 Å². The minimum Gasteiger partial charge on any atom is -0.360 e. The quantitative estimate of drug-likeness (QED) is 0.353. The molecule has 0 radical (unpaired) electrons. The van der Waals surface area contributed by atoms with Crippen LogP contribution in [0.4, 0.5) is 23.1 Å². The molecule has 1 saturated heterocycles. The van der Waals surface area contributed by atoms with Gasteiger partial charge >= 0.3 is 0 Å². The summed E-state index contributed by atoms with van der Waals surface area (Å²) in [5, 5.41) is 0. The Labute approximate surface area is 240 Å². The lowest BCUT2D eigenvalue weighted by Crippen LogP contribution is -2.44. The molecule has 5 rings (SSSR count). The number of fused-ring (bicyclic) bond motifs is 1. The maximum Gasteiger partial charge on any atom is 0.260 e. The van der Waals surface area contributed by atoms with Crippen LogP contribution in [0.15, 0.2) is 53.4 Å². The molecule has 2 aliphatic heterocycles. The molecular weight excluding hydrogens is 527 g/mol. The molecular formula is C29H37N7OS2. The number of rotatable bonds is 8. The summed E-state index contributed by atoms with van der Waals surface area (Å²) in [5.74, 6) is 1.86. The van der Waals surface area contributed by atoms with Gasteiger partial charge in [0.05, 0.1) is 11.3 Å². The van der Waals surface area contributed by atoms with Crippen LogP contribution in [0.1, 0.15) is 28.5 Å². The van der Waals surface area contributed by atoms with Crippen LogP contribution >= 0.6 is 23.9 Å². The summed E-state index contributed by atoms with van der Waals surface area (Å²) >= 11 is 3.40. The highest BCUT2D eigenvalue weighted by Gasteiger charge is 2.28. The summed E-state index contributed by atoms with van der Waals surface area (Å²) < 4.78 is 4.46. The zero-order valence-electron chi connectivity index (χ0n) is 23.4. The Bertz CT molecular complexity index is 1330. The van der Waals surface area contributed by atoms with Gasteiger partial charge in [0.25, 0.3) is 5.91 Å². The van der Waals surface area contributed by atoms with Gasteiger partial charge in [0.15, 0.2) is 0 Å². The molecule has 3 aromatic rings. The number of para-hydroxylation sites is 1. The van der Waals surface area contributed by atoms with Gasteiger partial charge in [-0.1, -0.05) is 24.1 Å². The smallest absolute Gasteiger partial charge is 0.260 e. The third kappa shape index (κ3) is 5.97. The van der Waals surface area contributed by atoms with Gasteiger partial charge < -0.3 is 19.0 Å². The lowest BCUT2D eigenvalue weighted by molar-refractivity contribution is 0.0990. The van der Waals surface area contributed by atoms with E-state index in [1.165, 1.54) is 10.5 Å². The number of aryl methyl sites for hydroxylation is 1. The number of hydrogen-bond donors (Lipinski definition) is 0. The Kier molecular flexibility index (Phi) is 8.54. The minimum atomic E-state index is 0.0634. The largest absolute Gasteiger partial charge is 0.360 e. The standard InChI is InChI=1S/C29H37N7OS2/c1-6-32(3)27-19-21(2)30-29(31-27)34-15-17-35(18-16-34)39-23-11-12-25-22(20-23)13-14-36(25)28(37)24-9-7-8-10-26(24)33(4)38-5/h7-12,19-20H,6,13-18H2,1-5H3. The lowest BCUT2D eigenvalue weighted by atomic mass is 10.1. The molecule has 1 amide bonds. The second-order valence-corrected chi connectivity index (χ2v) is 12.0. The SMILES string of the molecule is CCN(C)c1cc(C)nc(N2CCN(Sc3ccc4c(c3)CCN4C(=O)c3ccccc3N(C)SC)CC2)n1. The Morgan fingerprint density at radius 3 is 2.51 bits per heavy atom. The van der Waals surface area contributed by atoms with Crippen molar-refractivity contribution in [1.82, 2.24) is 14.3 Å². The summed E-state index contributed by atoms with van der Waals surface area (Å²) in [5.41, 5.74) is 4.95. The number of carbonyl (C=O) groups is 1. The molecule has 1 aromatic heterocycles. The van der Waals surface area contributed by atoms with Crippen molar-refractivity contribution in [1.29, 1.82) is 0 Å². The molecule has 2 aromatic carbocycles. The highest BCUT2D eigenvalue weighted by molar-refractivity contribution is 7.99. The van der Waals surface area contributed by atoms with Crippen molar-refractivity contribution in [3.05, 3.63) is 65.4 Å². The average Bonchev–Trinajstić information content (AvgIpc) is 3.39. The van der Waals surface area contributed by atoms with Crippen molar-refractivity contribution in [3.8, 4) is 0 Å². The van der Waals surface area contributed by atoms with Crippen LogP contribution in [0, 0.1) is 6.92 Å². The zero-order chi connectivity index (χ0) is 27.5. The fraction of sp³-hybridized carbons (Fsp3) is 0.414. The van der Waals surface area contributed by atoms with Gasteiger partial charge in [-0.25, -0.2) is 9.29 Å². The van der Waals surface area contributed by atoms with Gasteiger partial charge in [-0.3, -0.25) is 4.79 Å². The molecule has 39 heavy (non-hydrogen) atoms. The van der Waals surface area contributed by atoms with Gasteiger partial charge in [-0.05, 0) is 68.1 Å². The first-order chi connectivity index (χ1) is 18.9. The third-order valence-corrected chi connectivity index (χ3v) is 9.22. The van der Waals surface area contributed by atoms with Gasteiger partial charge in [-0.2, -0.15) is 4.98 Å². The maximum absolute atomic E-state index is 13.6. The molecule has 1 fully saturated rings. The molecule has 3 heterocycles. The van der Waals surface area contributed by atoms with Crippen molar-refractivity contribution < 1.29 is 4.79 Å². The monoisotopic (exact) mass is 563 g/mol. The van der Waals surface area contributed by atoms with E-state index in [1.807, 2.05) is 59.8 Å². The Morgan fingerprint density at radius 2 is 1.77 bits per heavy atom. The summed E-state index contributed by atoms with van der Waals surface area (Å²) in [4.78, 5) is 30.7. The van der Waals surface area contributed by atoms with E-state index in [4.69, 9.17) is 9.97 Å². The van der Waals surface area contributed by atoms with Gasteiger partial charge in [0, 0.05) is 82.0 Å². The molecule has 0 atom stereocenters. The zero-order valence-corrected chi connectivity index (χ0v) is 25.1. The fourth-order valence-corrected chi connectivity index (χ4v) is 6.31. The molecule has 0 saturated carbocycles. The van der Waals surface area contributed by atoms with Crippen LogP contribution in [-0.2, 0) is 6.42 Å². The Balaban J connectivity index is 1.23. The van der Waals surface area contributed by atoms with Crippen LogP contribution in [-0.4, -0.2) is 79.8 Å². The van der Waals surface area contributed by atoms with E-state index in [0.29, 0.717) is 6.54 Å². The van der Waals surface area contributed by atoms with Crippen molar-refractivity contribution in [2.75, 3.05) is 78.6 Å². The summed E-state index contributed by atoms with van der Waals surface area (Å²) in [6, 6.07) is 16.4. The molecule has 10 heteroatoms. The number of anilines is 4. The third-order valence-electron chi connectivity index (χ3n) is 7.39. The fourth-order valence-electron chi connectivity index (χ4n) is 4.98. The van der Waals surface area contributed by atoms with E-state index in [9.17, 15) is 4.79 Å². The maximum atomic E-state index is 13.6. The molecule has 2 aliphatic rings. The van der Waals surface area contributed by atoms with Gasteiger partial charge in [-0.15, -0.1) is 0 Å². The van der Waals surface area contributed by atoms with Crippen molar-refractivity contribution >= 4 is 52.9 Å². The average molecular weight is 564 g/mol. The molecule has 0 unspecified atom stereocenters. The number of benzene rings is 2. The normalized spacial score (nSPS) is 15.4.